The van der Waals surface area contributed by atoms with Crippen LogP contribution in [0.15, 0.2) is 18.2 Å². The molecule has 0 aromatic heterocycles. The Balaban J connectivity index is 3.23. The zero-order valence-corrected chi connectivity index (χ0v) is 11.2. The summed E-state index contributed by atoms with van der Waals surface area (Å²) < 4.78 is 75.9. The molecule has 8 heteroatoms. The number of rotatable bonds is 3. The highest BCUT2D eigenvalue weighted by molar-refractivity contribution is 5.78. The van der Waals surface area contributed by atoms with Crippen LogP contribution in [0.5, 0.6) is 0 Å². The molecule has 0 bridgehead atoms. The van der Waals surface area contributed by atoms with Crippen LogP contribution in [0.4, 0.5) is 26.3 Å². The molecule has 1 aromatic rings. The third-order valence-corrected chi connectivity index (χ3v) is 2.88. The van der Waals surface area contributed by atoms with Gasteiger partial charge in [-0.1, -0.05) is 6.92 Å². The number of amides is 1. The highest BCUT2D eigenvalue weighted by Gasteiger charge is 2.37. The van der Waals surface area contributed by atoms with Gasteiger partial charge in [-0.05, 0) is 30.2 Å². The van der Waals surface area contributed by atoms with E-state index >= 15 is 0 Å². The zero-order valence-electron chi connectivity index (χ0n) is 11.2. The maximum absolute atomic E-state index is 12.7. The van der Waals surface area contributed by atoms with E-state index in [9.17, 15) is 31.1 Å². The van der Waals surface area contributed by atoms with Gasteiger partial charge in [0, 0.05) is 13.0 Å². The fourth-order valence-electron chi connectivity index (χ4n) is 1.83. The number of carbonyl (C=O) groups excluding carboxylic acids is 1. The van der Waals surface area contributed by atoms with Crippen molar-refractivity contribution >= 4 is 5.91 Å². The first-order valence-corrected chi connectivity index (χ1v) is 5.95. The average molecular weight is 313 g/mol. The Bertz CT molecular complexity index is 488. The Labute approximate surface area is 117 Å². The Morgan fingerprint density at radius 1 is 1.05 bits per heavy atom. The van der Waals surface area contributed by atoms with E-state index in [4.69, 9.17) is 0 Å². The van der Waals surface area contributed by atoms with Crippen molar-refractivity contribution in [2.24, 2.45) is 5.92 Å². The summed E-state index contributed by atoms with van der Waals surface area (Å²) >= 11 is 0. The molecule has 0 saturated carbocycles. The van der Waals surface area contributed by atoms with E-state index in [2.05, 4.69) is 5.32 Å². The predicted octanol–water partition coefficient (Wildman–Crippen LogP) is 3.65. The van der Waals surface area contributed by atoms with Gasteiger partial charge in [-0.15, -0.1) is 0 Å². The first kappa shape index (κ1) is 17.3. The molecule has 1 atom stereocenters. The van der Waals surface area contributed by atoms with Crippen molar-refractivity contribution in [3.63, 3.8) is 0 Å². The Kier molecular flexibility index (Phi) is 4.91. The zero-order chi connectivity index (χ0) is 16.4. The Morgan fingerprint density at radius 3 is 1.81 bits per heavy atom. The van der Waals surface area contributed by atoms with Crippen molar-refractivity contribution in [2.75, 3.05) is 7.05 Å². The van der Waals surface area contributed by atoms with Gasteiger partial charge < -0.3 is 5.32 Å². The van der Waals surface area contributed by atoms with Crippen molar-refractivity contribution in [1.82, 2.24) is 5.32 Å². The highest BCUT2D eigenvalue weighted by atomic mass is 19.4. The van der Waals surface area contributed by atoms with Crippen molar-refractivity contribution in [2.45, 2.75) is 25.7 Å². The summed E-state index contributed by atoms with van der Waals surface area (Å²) in [5.41, 5.74) is -2.94. The van der Waals surface area contributed by atoms with Gasteiger partial charge in [0.25, 0.3) is 0 Å². The molecule has 1 amide bonds. The van der Waals surface area contributed by atoms with Crippen LogP contribution >= 0.6 is 0 Å². The fourth-order valence-corrected chi connectivity index (χ4v) is 1.83. The summed E-state index contributed by atoms with van der Waals surface area (Å²) in [6.07, 6.45) is -9.98. The lowest BCUT2D eigenvalue weighted by molar-refractivity contribution is -0.143. The number of alkyl halides is 6. The Morgan fingerprint density at radius 2 is 1.48 bits per heavy atom. The summed E-state index contributed by atoms with van der Waals surface area (Å²) in [7, 11) is 1.34. The first-order valence-electron chi connectivity index (χ1n) is 5.95. The van der Waals surface area contributed by atoms with Crippen LogP contribution in [0, 0.1) is 5.92 Å². The second kappa shape index (κ2) is 5.95. The van der Waals surface area contributed by atoms with Gasteiger partial charge in [-0.3, -0.25) is 4.79 Å². The number of hydrogen-bond acceptors (Lipinski definition) is 1. The third kappa shape index (κ3) is 4.64. The Hall–Kier alpha value is -1.73. The molecule has 1 aromatic carbocycles. The number of nitrogens with one attached hydrogen (secondary N) is 1. The molecule has 0 radical (unpaired) electrons. The van der Waals surface area contributed by atoms with Gasteiger partial charge >= 0.3 is 12.4 Å². The quantitative estimate of drug-likeness (QED) is 0.848. The molecule has 0 aliphatic carbocycles. The van der Waals surface area contributed by atoms with Crippen LogP contribution in [0.3, 0.4) is 0 Å². The van der Waals surface area contributed by atoms with Crippen LogP contribution in [0.1, 0.15) is 23.6 Å². The highest BCUT2D eigenvalue weighted by Crippen LogP contribution is 2.36. The smallest absolute Gasteiger partial charge is 0.359 e. The summed E-state index contributed by atoms with van der Waals surface area (Å²) in [6.45, 7) is 1.42. The molecule has 0 aliphatic rings. The van der Waals surface area contributed by atoms with Gasteiger partial charge in [0.05, 0.1) is 11.1 Å². The molecular formula is C13H13F6NO. The minimum atomic E-state index is -4.88. The monoisotopic (exact) mass is 313 g/mol. The SMILES string of the molecule is CNC(=O)C(C)Cc1cc(C(F)(F)F)cc(C(F)(F)F)c1. The summed E-state index contributed by atoms with van der Waals surface area (Å²) in [6, 6.07) is 1.33. The maximum Gasteiger partial charge on any atom is 0.416 e. The molecule has 0 fully saturated rings. The number of hydrogen-bond donors (Lipinski definition) is 1. The molecule has 21 heavy (non-hydrogen) atoms. The maximum atomic E-state index is 12.7. The van der Waals surface area contributed by atoms with Gasteiger partial charge in [0.1, 0.15) is 0 Å². The van der Waals surface area contributed by atoms with Gasteiger partial charge in [0.15, 0.2) is 0 Å². The molecule has 1 rings (SSSR count). The topological polar surface area (TPSA) is 29.1 Å². The molecule has 118 valence electrons. The van der Waals surface area contributed by atoms with Crippen LogP contribution < -0.4 is 5.32 Å². The summed E-state index contributed by atoms with van der Waals surface area (Å²) in [5, 5.41) is 2.29. The largest absolute Gasteiger partial charge is 0.416 e. The molecule has 0 aliphatic heterocycles. The minimum Gasteiger partial charge on any atom is -0.359 e. The summed E-state index contributed by atoms with van der Waals surface area (Å²) in [4.78, 5) is 11.3. The number of carbonyl (C=O) groups is 1. The molecule has 1 N–H and O–H groups in total. The second-order valence-electron chi connectivity index (χ2n) is 4.63. The van der Waals surface area contributed by atoms with E-state index in [0.29, 0.717) is 12.1 Å². The van der Waals surface area contributed by atoms with Gasteiger partial charge in [-0.2, -0.15) is 26.3 Å². The van der Waals surface area contributed by atoms with E-state index < -0.39 is 35.3 Å². The first-order chi connectivity index (χ1) is 9.45. The van der Waals surface area contributed by atoms with E-state index in [0.717, 1.165) is 0 Å². The van der Waals surface area contributed by atoms with Crippen LogP contribution in [0.25, 0.3) is 0 Å². The minimum absolute atomic E-state index is 0.0636. The second-order valence-corrected chi connectivity index (χ2v) is 4.63. The lowest BCUT2D eigenvalue weighted by Crippen LogP contribution is -2.26. The van der Waals surface area contributed by atoms with Crippen LogP contribution in [-0.4, -0.2) is 13.0 Å². The average Bonchev–Trinajstić information content (AvgIpc) is 2.35. The molecule has 0 heterocycles. The number of halogens is 6. The molecule has 0 saturated heterocycles. The van der Waals surface area contributed by atoms with Gasteiger partial charge in [0.2, 0.25) is 5.91 Å². The van der Waals surface area contributed by atoms with E-state index in [1.54, 1.807) is 0 Å². The van der Waals surface area contributed by atoms with E-state index in [1.165, 1.54) is 14.0 Å². The lowest BCUT2D eigenvalue weighted by Gasteiger charge is -2.16. The van der Waals surface area contributed by atoms with Crippen molar-refractivity contribution in [3.8, 4) is 0 Å². The normalized spacial score (nSPS) is 13.9. The molecule has 0 spiro atoms. The number of benzene rings is 1. The van der Waals surface area contributed by atoms with Crippen molar-refractivity contribution < 1.29 is 31.1 Å². The standard InChI is InChI=1S/C13H13F6NO/c1-7(11(21)20-2)3-8-4-9(12(14,15)16)6-10(5-8)13(17,18)19/h4-7H,3H2,1-2H3,(H,20,21). The van der Waals surface area contributed by atoms with Crippen molar-refractivity contribution in [3.05, 3.63) is 34.9 Å². The third-order valence-electron chi connectivity index (χ3n) is 2.88. The fraction of sp³-hybridized carbons (Fsp3) is 0.462. The van der Waals surface area contributed by atoms with Crippen LogP contribution in [-0.2, 0) is 23.6 Å². The predicted molar refractivity (Wildman–Crippen MR) is 63.4 cm³/mol. The lowest BCUT2D eigenvalue weighted by atomic mass is 9.96. The van der Waals surface area contributed by atoms with E-state index in [-0.39, 0.29) is 18.1 Å². The summed E-state index contributed by atoms with van der Waals surface area (Å²) in [5.74, 6) is -1.19. The molecule has 1 unspecified atom stereocenters. The molecular weight excluding hydrogens is 300 g/mol. The van der Waals surface area contributed by atoms with Gasteiger partial charge in [-0.25, -0.2) is 0 Å². The van der Waals surface area contributed by atoms with Crippen molar-refractivity contribution in [1.29, 1.82) is 0 Å². The molecule has 2 nitrogen and oxygen atoms in total. The van der Waals surface area contributed by atoms with Crippen LogP contribution in [0.2, 0.25) is 0 Å². The van der Waals surface area contributed by atoms with E-state index in [1.807, 2.05) is 0 Å².